The molecule has 0 saturated carbocycles. The number of hydrogen-bond acceptors (Lipinski definition) is 14. The molecule has 0 fully saturated rings. The number of para-hydroxylation sites is 2. The van der Waals surface area contributed by atoms with Crippen molar-refractivity contribution in [2.45, 2.75) is 89.7 Å². The molecule has 0 aliphatic carbocycles. The molecular weight excluding hydrogens is 1170 g/mol. The van der Waals surface area contributed by atoms with Gasteiger partial charge in [0.2, 0.25) is 11.4 Å². The van der Waals surface area contributed by atoms with E-state index in [1.54, 1.807) is 73.7 Å². The number of hydrogen-bond donors (Lipinski definition) is 2. The summed E-state index contributed by atoms with van der Waals surface area (Å²) >= 11 is 0. The second kappa shape index (κ2) is 25.5. The van der Waals surface area contributed by atoms with Crippen molar-refractivity contribution in [3.8, 4) is 11.5 Å². The van der Waals surface area contributed by atoms with Gasteiger partial charge < -0.3 is 38.2 Å². The molecule has 472 valence electrons. The molecule has 0 aromatic heterocycles. The average Bonchev–Trinajstić information content (AvgIpc) is 1.56. The minimum Gasteiger partial charge on any atom is -0.464 e. The lowest BCUT2D eigenvalue weighted by atomic mass is 9.76. The SMILES string of the molecule is Cc1ccc(CC(=O)OCC(C)OC(=O)Nc2ccc(C)c(NC(=O)OCCN3c4ccccc4C(C)(C)C34C=Cc3cc(C(=O)c5ccccc5)ccc3O4)c2)cc1CC(=O)OCCN1c2ccccc2C(C)(C)C12C=Cc1cc(C(=O)c3ccccc3)ccc1O2. The molecule has 4 aliphatic rings. The molecule has 3 atom stereocenters. The summed E-state index contributed by atoms with van der Waals surface area (Å²) in [6.07, 6.45) is 5.60. The number of amides is 2. The summed E-state index contributed by atoms with van der Waals surface area (Å²) in [7, 11) is 0. The lowest BCUT2D eigenvalue weighted by Crippen LogP contribution is -2.60. The summed E-state index contributed by atoms with van der Waals surface area (Å²) in [5.74, 6) is 0.113. The van der Waals surface area contributed by atoms with E-state index in [-0.39, 0.29) is 50.8 Å². The Hall–Kier alpha value is -10.7. The minimum absolute atomic E-state index is 0.00475. The third-order valence-corrected chi connectivity index (χ3v) is 18.2. The number of carbonyl (C=O) groups excluding carboxylic acids is 6. The third-order valence-electron chi connectivity index (χ3n) is 18.2. The van der Waals surface area contributed by atoms with Crippen LogP contribution in [-0.2, 0) is 52.2 Å². The molecule has 2 N–H and O–H groups in total. The fraction of sp³-hybridized carbons (Fsp3) is 0.247. The van der Waals surface area contributed by atoms with E-state index in [1.807, 2.05) is 141 Å². The summed E-state index contributed by atoms with van der Waals surface area (Å²) in [4.78, 5) is 84.2. The van der Waals surface area contributed by atoms with Gasteiger partial charge in [-0.05, 0) is 167 Å². The smallest absolute Gasteiger partial charge is 0.412 e. The van der Waals surface area contributed by atoms with Crippen LogP contribution in [0.25, 0.3) is 12.2 Å². The Morgan fingerprint density at radius 1 is 0.495 bits per heavy atom. The topological polar surface area (TPSA) is 188 Å². The van der Waals surface area contributed by atoms with Crippen LogP contribution in [0.5, 0.6) is 11.5 Å². The number of anilines is 4. The van der Waals surface area contributed by atoms with E-state index in [1.165, 1.54) is 0 Å². The van der Waals surface area contributed by atoms with E-state index >= 15 is 0 Å². The van der Waals surface area contributed by atoms with Crippen molar-refractivity contribution in [2.75, 3.05) is 53.3 Å². The van der Waals surface area contributed by atoms with Crippen molar-refractivity contribution in [2.24, 2.45) is 0 Å². The molecule has 16 heteroatoms. The number of nitrogens with one attached hydrogen (secondary N) is 2. The molecular formula is C77H72N4O12. The number of nitrogens with zero attached hydrogens (tertiary/aromatic N) is 2. The number of esters is 2. The van der Waals surface area contributed by atoms with Gasteiger partial charge in [0.15, 0.2) is 11.6 Å². The van der Waals surface area contributed by atoms with Crippen molar-refractivity contribution in [3.05, 3.63) is 261 Å². The summed E-state index contributed by atoms with van der Waals surface area (Å²) in [6, 6.07) is 55.9. The average molecular weight is 1250 g/mol. The number of benzene rings is 8. The van der Waals surface area contributed by atoms with Crippen molar-refractivity contribution >= 4 is 70.6 Å². The summed E-state index contributed by atoms with van der Waals surface area (Å²) < 4.78 is 36.8. The highest BCUT2D eigenvalue weighted by Crippen LogP contribution is 2.56. The molecule has 8 aromatic carbocycles. The van der Waals surface area contributed by atoms with Crippen LogP contribution in [0.3, 0.4) is 0 Å². The Morgan fingerprint density at radius 2 is 1.00 bits per heavy atom. The van der Waals surface area contributed by atoms with E-state index in [9.17, 15) is 28.8 Å². The van der Waals surface area contributed by atoms with Gasteiger partial charge in [0, 0.05) is 56.1 Å². The van der Waals surface area contributed by atoms with Crippen LogP contribution < -0.4 is 29.9 Å². The van der Waals surface area contributed by atoms with Crippen LogP contribution in [0.1, 0.15) is 111 Å². The first-order valence-electron chi connectivity index (χ1n) is 31.1. The van der Waals surface area contributed by atoms with Gasteiger partial charge in [-0.1, -0.05) is 121 Å². The molecule has 12 rings (SSSR count). The summed E-state index contributed by atoms with van der Waals surface area (Å²) in [5.41, 5.74) is 8.50. The first-order valence-corrected chi connectivity index (χ1v) is 31.1. The number of carbonyl (C=O) groups is 6. The van der Waals surface area contributed by atoms with E-state index in [0.29, 0.717) is 68.4 Å². The second-order valence-corrected chi connectivity index (χ2v) is 24.9. The van der Waals surface area contributed by atoms with Crippen molar-refractivity contribution in [3.63, 3.8) is 0 Å². The van der Waals surface area contributed by atoms with Crippen LogP contribution in [0.15, 0.2) is 194 Å². The summed E-state index contributed by atoms with van der Waals surface area (Å²) in [5, 5.41) is 5.49. The quantitative estimate of drug-likeness (QED) is 0.0442. The number of ether oxygens (including phenoxy) is 6. The Morgan fingerprint density at radius 3 is 1.56 bits per heavy atom. The molecule has 16 nitrogen and oxygen atoms in total. The van der Waals surface area contributed by atoms with Gasteiger partial charge in [0.1, 0.15) is 37.4 Å². The lowest BCUT2D eigenvalue weighted by molar-refractivity contribution is -0.145. The van der Waals surface area contributed by atoms with Crippen LogP contribution >= 0.6 is 0 Å². The van der Waals surface area contributed by atoms with Crippen LogP contribution in [-0.4, -0.2) is 86.2 Å². The van der Waals surface area contributed by atoms with E-state index in [4.69, 9.17) is 28.4 Å². The minimum atomic E-state index is -0.996. The standard InChI is InChI=1S/C77H72N4O12/c1-49-26-28-52(42-59(49)46-69(83)88-40-38-80-64-24-16-14-22-61(64)74(4,5)76(80)36-34-55-44-57(29-32-66(55)92-76)70(84)53-18-10-8-11-19-53)43-68(82)90-48-51(3)91-73(87)78-60-31-27-50(2)63(47-60)79-72(86)89-41-39-81-65-25-17-15-23-62(65)75(6,7)77(81)37-35-56-45-58(30-33-67(56)93-77)71(85)54-20-12-9-13-21-54/h8-37,42,44-45,47,51H,38-41,43,46,48H2,1-7H3,(H,78,87)(H,79,86). The Kier molecular flexibility index (Phi) is 17.1. The fourth-order valence-electron chi connectivity index (χ4n) is 13.1. The monoisotopic (exact) mass is 1240 g/mol. The number of aryl methyl sites for hydroxylation is 2. The maximum Gasteiger partial charge on any atom is 0.412 e. The predicted octanol–water partition coefficient (Wildman–Crippen LogP) is 14.3. The molecule has 3 unspecified atom stereocenters. The van der Waals surface area contributed by atoms with Gasteiger partial charge in [0.05, 0.1) is 36.8 Å². The Bertz CT molecular complexity index is 4310. The highest BCUT2D eigenvalue weighted by Gasteiger charge is 2.60. The molecule has 4 heterocycles. The highest BCUT2D eigenvalue weighted by molar-refractivity contribution is 6.10. The van der Waals surface area contributed by atoms with Crippen molar-refractivity contribution in [1.29, 1.82) is 0 Å². The van der Waals surface area contributed by atoms with Gasteiger partial charge in [-0.25, -0.2) is 9.59 Å². The molecule has 8 aromatic rings. The van der Waals surface area contributed by atoms with E-state index in [0.717, 1.165) is 39.2 Å². The van der Waals surface area contributed by atoms with Crippen molar-refractivity contribution < 1.29 is 57.2 Å². The second-order valence-electron chi connectivity index (χ2n) is 24.9. The number of ketones is 2. The van der Waals surface area contributed by atoms with Gasteiger partial charge in [-0.15, -0.1) is 0 Å². The van der Waals surface area contributed by atoms with Gasteiger partial charge in [-0.2, -0.15) is 0 Å². The highest BCUT2D eigenvalue weighted by atomic mass is 16.6. The zero-order valence-corrected chi connectivity index (χ0v) is 53.0. The van der Waals surface area contributed by atoms with Gasteiger partial charge in [0.25, 0.3) is 0 Å². The van der Waals surface area contributed by atoms with E-state index in [2.05, 4.69) is 60.3 Å². The molecule has 0 saturated heterocycles. The van der Waals surface area contributed by atoms with E-state index < -0.39 is 52.5 Å². The van der Waals surface area contributed by atoms with Gasteiger partial charge in [-0.3, -0.25) is 29.8 Å². The third kappa shape index (κ3) is 12.2. The van der Waals surface area contributed by atoms with Crippen LogP contribution in [0, 0.1) is 13.8 Å². The Labute approximate surface area is 540 Å². The normalized spacial score (nSPS) is 17.6. The molecule has 2 amide bonds. The lowest BCUT2D eigenvalue weighted by Gasteiger charge is -2.47. The zero-order chi connectivity index (χ0) is 65.2. The molecule has 0 radical (unpaired) electrons. The molecule has 93 heavy (non-hydrogen) atoms. The summed E-state index contributed by atoms with van der Waals surface area (Å²) in [6.45, 7) is 14.3. The molecule has 2 spiro atoms. The fourth-order valence-corrected chi connectivity index (χ4v) is 13.1. The first-order chi connectivity index (χ1) is 44.7. The maximum absolute atomic E-state index is 13.6. The zero-order valence-electron chi connectivity index (χ0n) is 53.0. The first kappa shape index (κ1) is 62.5. The van der Waals surface area contributed by atoms with Crippen LogP contribution in [0.4, 0.5) is 32.3 Å². The van der Waals surface area contributed by atoms with Gasteiger partial charge >= 0.3 is 24.1 Å². The van der Waals surface area contributed by atoms with Crippen LogP contribution in [0.2, 0.25) is 0 Å². The number of fused-ring (bicyclic) bond motifs is 4. The molecule has 0 bridgehead atoms. The van der Waals surface area contributed by atoms with Crippen molar-refractivity contribution in [1.82, 2.24) is 0 Å². The largest absolute Gasteiger partial charge is 0.464 e. The number of rotatable bonds is 19. The maximum atomic E-state index is 13.6. The Balaban J connectivity index is 0.601. The molecule has 4 aliphatic heterocycles. The predicted molar refractivity (Wildman–Crippen MR) is 357 cm³/mol.